The van der Waals surface area contributed by atoms with Crippen molar-refractivity contribution in [3.63, 3.8) is 0 Å². The lowest BCUT2D eigenvalue weighted by molar-refractivity contribution is 1.12. The lowest BCUT2D eigenvalue weighted by Gasteiger charge is -2.10. The molecule has 4 N–H and O–H groups in total. The largest absolute Gasteiger partial charge is 0.339 e. The van der Waals surface area contributed by atoms with E-state index in [-0.39, 0.29) is 0 Å². The van der Waals surface area contributed by atoms with Gasteiger partial charge in [-0.15, -0.1) is 0 Å². The number of nitrogens with one attached hydrogen (secondary N) is 2. The minimum absolute atomic E-state index is 0.540. The minimum atomic E-state index is 0.540. The van der Waals surface area contributed by atoms with Crippen LogP contribution in [0.15, 0.2) is 35.1 Å². The summed E-state index contributed by atoms with van der Waals surface area (Å²) < 4.78 is 0.701. The Hall–Kier alpha value is -1.66. The van der Waals surface area contributed by atoms with Gasteiger partial charge in [0.1, 0.15) is 16.6 Å². The van der Waals surface area contributed by atoms with Gasteiger partial charge in [-0.25, -0.2) is 15.8 Å². The van der Waals surface area contributed by atoms with Crippen LogP contribution < -0.4 is 16.6 Å². The third-order valence-electron chi connectivity index (χ3n) is 2.55. The number of hydrazine groups is 1. The molecule has 2 aromatic rings. The van der Waals surface area contributed by atoms with Crippen LogP contribution in [0.1, 0.15) is 12.5 Å². The summed E-state index contributed by atoms with van der Waals surface area (Å²) in [5.41, 5.74) is 4.77. The molecular formula is C12H14BrN5. The number of aryl methyl sites for hydroxylation is 1. The summed E-state index contributed by atoms with van der Waals surface area (Å²) in [6.07, 6.45) is 2.47. The molecule has 0 saturated carbocycles. The zero-order valence-corrected chi connectivity index (χ0v) is 11.5. The first-order chi connectivity index (χ1) is 8.74. The zero-order chi connectivity index (χ0) is 13.0. The van der Waals surface area contributed by atoms with Crippen LogP contribution in [0.5, 0.6) is 0 Å². The van der Waals surface area contributed by atoms with Crippen LogP contribution in [0, 0.1) is 0 Å². The van der Waals surface area contributed by atoms with Crippen molar-refractivity contribution < 1.29 is 0 Å². The normalized spacial score (nSPS) is 10.2. The average molecular weight is 308 g/mol. The standard InChI is InChI=1S/C12H14BrN5/c1-2-8-3-5-9(6-4-8)17-11-10(13)12(18-14)16-7-15-11/h3-7H,2,14H2,1H3,(H2,15,16,17,18). The topological polar surface area (TPSA) is 75.9 Å². The highest BCUT2D eigenvalue weighted by Crippen LogP contribution is 2.28. The van der Waals surface area contributed by atoms with E-state index in [0.717, 1.165) is 12.1 Å². The molecule has 1 heterocycles. The number of rotatable bonds is 4. The van der Waals surface area contributed by atoms with E-state index in [4.69, 9.17) is 5.84 Å². The molecule has 0 spiro atoms. The molecule has 0 aliphatic rings. The second-order valence-corrected chi connectivity index (χ2v) is 4.50. The Morgan fingerprint density at radius 3 is 2.44 bits per heavy atom. The molecule has 6 heteroatoms. The summed E-state index contributed by atoms with van der Waals surface area (Å²) in [4.78, 5) is 8.15. The second kappa shape index (κ2) is 5.79. The van der Waals surface area contributed by atoms with Crippen molar-refractivity contribution in [1.82, 2.24) is 9.97 Å². The maximum Gasteiger partial charge on any atom is 0.159 e. The van der Waals surface area contributed by atoms with Gasteiger partial charge in [-0.3, -0.25) is 0 Å². The maximum atomic E-state index is 5.35. The SMILES string of the molecule is CCc1ccc(Nc2ncnc(NN)c2Br)cc1. The molecule has 1 aromatic heterocycles. The number of aromatic nitrogens is 2. The van der Waals surface area contributed by atoms with Gasteiger partial charge in [-0.1, -0.05) is 19.1 Å². The van der Waals surface area contributed by atoms with Gasteiger partial charge in [0.05, 0.1) is 0 Å². The van der Waals surface area contributed by atoms with Crippen LogP contribution in [-0.2, 0) is 6.42 Å². The number of benzene rings is 1. The van der Waals surface area contributed by atoms with Gasteiger partial charge in [0.15, 0.2) is 5.82 Å². The summed E-state index contributed by atoms with van der Waals surface area (Å²) in [5.74, 6) is 6.56. The number of nitrogens with zero attached hydrogens (tertiary/aromatic N) is 2. The highest BCUT2D eigenvalue weighted by atomic mass is 79.9. The quantitative estimate of drug-likeness (QED) is 0.598. The molecule has 0 bridgehead atoms. The summed E-state index contributed by atoms with van der Waals surface area (Å²) in [6.45, 7) is 2.13. The van der Waals surface area contributed by atoms with Crippen molar-refractivity contribution >= 4 is 33.3 Å². The van der Waals surface area contributed by atoms with Crippen LogP contribution in [0.25, 0.3) is 0 Å². The monoisotopic (exact) mass is 307 g/mol. The van der Waals surface area contributed by atoms with Crippen molar-refractivity contribution in [1.29, 1.82) is 0 Å². The van der Waals surface area contributed by atoms with Crippen molar-refractivity contribution in [2.75, 3.05) is 10.7 Å². The van der Waals surface area contributed by atoms with Crippen molar-refractivity contribution in [3.8, 4) is 0 Å². The maximum absolute atomic E-state index is 5.35. The van der Waals surface area contributed by atoms with E-state index in [2.05, 4.69) is 55.7 Å². The van der Waals surface area contributed by atoms with E-state index in [0.29, 0.717) is 16.1 Å². The van der Waals surface area contributed by atoms with Gasteiger partial charge >= 0.3 is 0 Å². The summed E-state index contributed by atoms with van der Waals surface area (Å²) in [7, 11) is 0. The molecule has 94 valence electrons. The number of nitrogens with two attached hydrogens (primary N) is 1. The van der Waals surface area contributed by atoms with E-state index < -0.39 is 0 Å². The number of halogens is 1. The number of hydrogen-bond donors (Lipinski definition) is 3. The zero-order valence-electron chi connectivity index (χ0n) is 9.94. The molecule has 0 aliphatic carbocycles. The van der Waals surface area contributed by atoms with E-state index >= 15 is 0 Å². The third kappa shape index (κ3) is 2.77. The summed E-state index contributed by atoms with van der Waals surface area (Å²) in [5, 5.41) is 3.20. The predicted octanol–water partition coefficient (Wildman–Crippen LogP) is 2.83. The van der Waals surface area contributed by atoms with Crippen molar-refractivity contribution in [2.24, 2.45) is 5.84 Å². The first kappa shape index (κ1) is 12.8. The molecular weight excluding hydrogens is 294 g/mol. The number of anilines is 3. The molecule has 18 heavy (non-hydrogen) atoms. The van der Waals surface area contributed by atoms with Crippen LogP contribution in [-0.4, -0.2) is 9.97 Å². The van der Waals surface area contributed by atoms with E-state index in [1.165, 1.54) is 11.9 Å². The highest BCUT2D eigenvalue weighted by molar-refractivity contribution is 9.10. The van der Waals surface area contributed by atoms with Gasteiger partial charge in [-0.05, 0) is 40.0 Å². The van der Waals surface area contributed by atoms with Crippen LogP contribution in [0.3, 0.4) is 0 Å². The fraction of sp³-hybridized carbons (Fsp3) is 0.167. The molecule has 0 fully saturated rings. The summed E-state index contributed by atoms with van der Waals surface area (Å²) >= 11 is 3.40. The average Bonchev–Trinajstić information content (AvgIpc) is 2.42. The molecule has 0 unspecified atom stereocenters. The third-order valence-corrected chi connectivity index (χ3v) is 3.30. The molecule has 1 aromatic carbocycles. The fourth-order valence-electron chi connectivity index (χ4n) is 1.52. The first-order valence-corrected chi connectivity index (χ1v) is 6.37. The Labute approximate surface area is 114 Å². The Kier molecular flexibility index (Phi) is 4.11. The lowest BCUT2D eigenvalue weighted by Crippen LogP contribution is -2.10. The van der Waals surface area contributed by atoms with Crippen LogP contribution in [0.4, 0.5) is 17.3 Å². The first-order valence-electron chi connectivity index (χ1n) is 5.57. The van der Waals surface area contributed by atoms with Gasteiger partial charge in [0.2, 0.25) is 0 Å². The Morgan fingerprint density at radius 2 is 1.83 bits per heavy atom. The van der Waals surface area contributed by atoms with Crippen molar-refractivity contribution in [3.05, 3.63) is 40.6 Å². The summed E-state index contributed by atoms with van der Waals surface area (Å²) in [6, 6.07) is 8.20. The molecule has 0 amide bonds. The van der Waals surface area contributed by atoms with Gasteiger partial charge in [0, 0.05) is 5.69 Å². The molecule has 2 rings (SSSR count). The van der Waals surface area contributed by atoms with Crippen molar-refractivity contribution in [2.45, 2.75) is 13.3 Å². The van der Waals surface area contributed by atoms with Gasteiger partial charge in [-0.2, -0.15) is 0 Å². The lowest BCUT2D eigenvalue weighted by atomic mass is 10.1. The van der Waals surface area contributed by atoms with Crippen LogP contribution in [0.2, 0.25) is 0 Å². The van der Waals surface area contributed by atoms with E-state index in [9.17, 15) is 0 Å². The van der Waals surface area contributed by atoms with E-state index in [1.54, 1.807) is 0 Å². The van der Waals surface area contributed by atoms with E-state index in [1.807, 2.05) is 12.1 Å². The van der Waals surface area contributed by atoms with Gasteiger partial charge < -0.3 is 10.7 Å². The van der Waals surface area contributed by atoms with Crippen LogP contribution >= 0.6 is 15.9 Å². The molecule has 0 saturated heterocycles. The molecule has 0 radical (unpaired) electrons. The smallest absolute Gasteiger partial charge is 0.159 e. The fourth-order valence-corrected chi connectivity index (χ4v) is 1.94. The molecule has 0 aliphatic heterocycles. The van der Waals surface area contributed by atoms with Gasteiger partial charge in [0.25, 0.3) is 0 Å². The Bertz CT molecular complexity index is 526. The predicted molar refractivity (Wildman–Crippen MR) is 76.6 cm³/mol. The number of nitrogen functional groups attached to an aromatic ring is 1. The number of hydrogen-bond acceptors (Lipinski definition) is 5. The second-order valence-electron chi connectivity index (χ2n) is 3.70. The minimum Gasteiger partial charge on any atom is -0.339 e. The highest BCUT2D eigenvalue weighted by Gasteiger charge is 2.07. The molecule has 5 nitrogen and oxygen atoms in total. The Balaban J connectivity index is 2.22. The Morgan fingerprint density at radius 1 is 1.17 bits per heavy atom. The molecule has 0 atom stereocenters.